The average molecular weight is 226 g/mol. The van der Waals surface area contributed by atoms with Crippen molar-refractivity contribution in [3.63, 3.8) is 0 Å². The van der Waals surface area contributed by atoms with Crippen LogP contribution in [0.1, 0.15) is 16.8 Å². The Morgan fingerprint density at radius 2 is 1.93 bits per heavy atom. The van der Waals surface area contributed by atoms with Gasteiger partial charge in [-0.3, -0.25) is 4.79 Å². The fourth-order valence-corrected chi connectivity index (χ4v) is 2.50. The first-order valence-corrected chi connectivity index (χ1v) is 6.91. The maximum Gasteiger partial charge on any atom is 0.150 e. The Hall–Kier alpha value is -0.410. The number of carbonyl (C=O) groups excluding carboxylic acids is 1. The number of rotatable bonds is 6. The summed E-state index contributed by atoms with van der Waals surface area (Å²) < 4.78 is 0. The Morgan fingerprint density at radius 1 is 1.21 bits per heavy atom. The van der Waals surface area contributed by atoms with Gasteiger partial charge in [0.05, 0.1) is 0 Å². The molecule has 76 valence electrons. The summed E-state index contributed by atoms with van der Waals surface area (Å²) in [7, 11) is 0. The zero-order valence-corrected chi connectivity index (χ0v) is 9.87. The molecule has 0 fully saturated rings. The van der Waals surface area contributed by atoms with Crippen LogP contribution in [0.25, 0.3) is 0 Å². The maximum atomic E-state index is 10.4. The molecule has 0 saturated carbocycles. The van der Waals surface area contributed by atoms with E-state index in [1.165, 1.54) is 17.1 Å². The highest BCUT2D eigenvalue weighted by atomic mass is 32.2. The summed E-state index contributed by atoms with van der Waals surface area (Å²) in [6.07, 6.45) is 4.24. The maximum absolute atomic E-state index is 10.4. The smallest absolute Gasteiger partial charge is 0.150 e. The molecular weight excluding hydrogens is 212 g/mol. The highest BCUT2D eigenvalue weighted by Crippen LogP contribution is 2.19. The van der Waals surface area contributed by atoms with Gasteiger partial charge in [0.25, 0.3) is 0 Å². The van der Waals surface area contributed by atoms with E-state index in [9.17, 15) is 4.79 Å². The summed E-state index contributed by atoms with van der Waals surface area (Å²) in [5.74, 6) is 2.38. The van der Waals surface area contributed by atoms with Crippen LogP contribution in [0, 0.1) is 0 Å². The monoisotopic (exact) mass is 226 g/mol. The minimum atomic E-state index is 0.749. The molecule has 0 aromatic heterocycles. The van der Waals surface area contributed by atoms with Gasteiger partial charge in [-0.15, -0.1) is 11.8 Å². The number of hydrogen-bond acceptors (Lipinski definition) is 3. The molecule has 0 saturated heterocycles. The third-order valence-electron chi connectivity index (χ3n) is 1.78. The Bertz CT molecular complexity index is 269. The molecular formula is C11H14OS2. The molecule has 0 spiro atoms. The van der Waals surface area contributed by atoms with Crippen molar-refractivity contribution < 1.29 is 4.79 Å². The highest BCUT2D eigenvalue weighted by Gasteiger charge is 1.94. The first kappa shape index (κ1) is 11.7. The van der Waals surface area contributed by atoms with Crippen LogP contribution in [-0.4, -0.2) is 24.0 Å². The van der Waals surface area contributed by atoms with E-state index in [-0.39, 0.29) is 0 Å². The highest BCUT2D eigenvalue weighted by molar-refractivity contribution is 7.99. The van der Waals surface area contributed by atoms with E-state index in [1.807, 2.05) is 47.8 Å². The van der Waals surface area contributed by atoms with Crippen molar-refractivity contribution in [3.8, 4) is 0 Å². The molecule has 1 aromatic carbocycles. The SMILES string of the molecule is CSCCCSc1ccc(C=O)cc1. The predicted molar refractivity (Wildman–Crippen MR) is 65.6 cm³/mol. The van der Waals surface area contributed by atoms with Gasteiger partial charge >= 0.3 is 0 Å². The first-order chi connectivity index (χ1) is 6.86. The van der Waals surface area contributed by atoms with Crippen molar-refractivity contribution in [1.82, 2.24) is 0 Å². The van der Waals surface area contributed by atoms with Crippen molar-refractivity contribution in [2.75, 3.05) is 17.8 Å². The summed E-state index contributed by atoms with van der Waals surface area (Å²) in [6, 6.07) is 7.74. The third-order valence-corrected chi connectivity index (χ3v) is 3.57. The molecule has 3 heteroatoms. The van der Waals surface area contributed by atoms with E-state index in [2.05, 4.69) is 6.26 Å². The standard InChI is InChI=1S/C11H14OS2/c1-13-7-2-8-14-11-5-3-10(9-12)4-6-11/h3-6,9H,2,7-8H2,1H3. The van der Waals surface area contributed by atoms with Crippen LogP contribution in [-0.2, 0) is 0 Å². The van der Waals surface area contributed by atoms with Crippen LogP contribution < -0.4 is 0 Å². The number of aldehydes is 1. The molecule has 0 radical (unpaired) electrons. The van der Waals surface area contributed by atoms with Gasteiger partial charge in [0.1, 0.15) is 6.29 Å². The molecule has 0 bridgehead atoms. The average Bonchev–Trinajstić information content (AvgIpc) is 2.25. The minimum Gasteiger partial charge on any atom is -0.298 e. The Balaban J connectivity index is 2.32. The second kappa shape index (κ2) is 6.96. The molecule has 0 heterocycles. The van der Waals surface area contributed by atoms with Crippen molar-refractivity contribution >= 4 is 29.8 Å². The molecule has 1 rings (SSSR count). The van der Waals surface area contributed by atoms with Gasteiger partial charge in [0, 0.05) is 10.5 Å². The second-order valence-electron chi connectivity index (χ2n) is 2.88. The van der Waals surface area contributed by atoms with Crippen molar-refractivity contribution in [3.05, 3.63) is 29.8 Å². The zero-order chi connectivity index (χ0) is 10.2. The lowest BCUT2D eigenvalue weighted by molar-refractivity contribution is 0.112. The summed E-state index contributed by atoms with van der Waals surface area (Å²) in [6.45, 7) is 0. The topological polar surface area (TPSA) is 17.1 Å². The third kappa shape index (κ3) is 4.20. The molecule has 0 aliphatic rings. The van der Waals surface area contributed by atoms with E-state index in [0.717, 1.165) is 17.6 Å². The molecule has 0 unspecified atom stereocenters. The molecule has 0 amide bonds. The van der Waals surface area contributed by atoms with Gasteiger partial charge in [-0.05, 0) is 36.3 Å². The molecule has 0 aliphatic heterocycles. The molecule has 14 heavy (non-hydrogen) atoms. The number of benzene rings is 1. The fraction of sp³-hybridized carbons (Fsp3) is 0.364. The van der Waals surface area contributed by atoms with Crippen molar-refractivity contribution in [1.29, 1.82) is 0 Å². The van der Waals surface area contributed by atoms with Crippen LogP contribution >= 0.6 is 23.5 Å². The summed E-state index contributed by atoms with van der Waals surface area (Å²) >= 11 is 3.73. The van der Waals surface area contributed by atoms with Crippen LogP contribution in [0.3, 0.4) is 0 Å². The van der Waals surface area contributed by atoms with Crippen LogP contribution in [0.4, 0.5) is 0 Å². The van der Waals surface area contributed by atoms with E-state index >= 15 is 0 Å². The minimum absolute atomic E-state index is 0.749. The number of thioether (sulfide) groups is 2. The first-order valence-electron chi connectivity index (χ1n) is 4.54. The summed E-state index contributed by atoms with van der Waals surface area (Å²) in [5, 5.41) is 0. The van der Waals surface area contributed by atoms with Crippen molar-refractivity contribution in [2.45, 2.75) is 11.3 Å². The van der Waals surface area contributed by atoms with E-state index < -0.39 is 0 Å². The molecule has 1 nitrogen and oxygen atoms in total. The quantitative estimate of drug-likeness (QED) is 0.421. The Morgan fingerprint density at radius 3 is 2.50 bits per heavy atom. The second-order valence-corrected chi connectivity index (χ2v) is 5.04. The van der Waals surface area contributed by atoms with Crippen LogP contribution in [0.15, 0.2) is 29.2 Å². The van der Waals surface area contributed by atoms with Gasteiger partial charge < -0.3 is 0 Å². The lowest BCUT2D eigenvalue weighted by Crippen LogP contribution is -1.83. The van der Waals surface area contributed by atoms with Gasteiger partial charge in [-0.2, -0.15) is 11.8 Å². The van der Waals surface area contributed by atoms with Crippen molar-refractivity contribution in [2.24, 2.45) is 0 Å². The van der Waals surface area contributed by atoms with E-state index in [1.54, 1.807) is 0 Å². The predicted octanol–water partition coefficient (Wildman–Crippen LogP) is 3.34. The largest absolute Gasteiger partial charge is 0.298 e. The van der Waals surface area contributed by atoms with Gasteiger partial charge in [0.2, 0.25) is 0 Å². The Labute approximate surface area is 93.7 Å². The van der Waals surface area contributed by atoms with E-state index in [4.69, 9.17) is 0 Å². The van der Waals surface area contributed by atoms with Crippen LogP contribution in [0.5, 0.6) is 0 Å². The zero-order valence-electron chi connectivity index (χ0n) is 8.23. The van der Waals surface area contributed by atoms with Crippen LogP contribution in [0.2, 0.25) is 0 Å². The van der Waals surface area contributed by atoms with Gasteiger partial charge in [-0.1, -0.05) is 12.1 Å². The number of hydrogen-bond donors (Lipinski definition) is 0. The number of carbonyl (C=O) groups is 1. The molecule has 1 aromatic rings. The molecule has 0 N–H and O–H groups in total. The van der Waals surface area contributed by atoms with Gasteiger partial charge in [-0.25, -0.2) is 0 Å². The summed E-state index contributed by atoms with van der Waals surface area (Å²) in [4.78, 5) is 11.7. The lowest BCUT2D eigenvalue weighted by Gasteiger charge is -2.00. The molecule has 0 atom stereocenters. The van der Waals surface area contributed by atoms with E-state index in [0.29, 0.717) is 0 Å². The fourth-order valence-electron chi connectivity index (χ4n) is 1.04. The Kier molecular flexibility index (Phi) is 5.80. The summed E-state index contributed by atoms with van der Waals surface area (Å²) in [5.41, 5.74) is 0.749. The van der Waals surface area contributed by atoms with Gasteiger partial charge in [0.15, 0.2) is 0 Å². The normalized spacial score (nSPS) is 10.1. The molecule has 0 aliphatic carbocycles. The lowest BCUT2D eigenvalue weighted by atomic mass is 10.2.